The van der Waals surface area contributed by atoms with Crippen molar-refractivity contribution in [3.63, 3.8) is 0 Å². The molecular weight excluding hydrogens is 561 g/mol. The van der Waals surface area contributed by atoms with Gasteiger partial charge in [0.25, 0.3) is 5.91 Å². The summed E-state index contributed by atoms with van der Waals surface area (Å²) in [6.07, 6.45) is 0.618. The molecule has 3 aliphatic rings. The topological polar surface area (TPSA) is 92.1 Å². The predicted molar refractivity (Wildman–Crippen MR) is 153 cm³/mol. The second-order valence-corrected chi connectivity index (χ2v) is 11.6. The van der Waals surface area contributed by atoms with Crippen LogP contribution in [0.4, 0.5) is 13.2 Å². The molecule has 12 heteroatoms. The molecule has 2 aromatic heterocycles. The summed E-state index contributed by atoms with van der Waals surface area (Å²) < 4.78 is 45.4. The number of piperidine rings is 1. The zero-order chi connectivity index (χ0) is 30.0. The van der Waals surface area contributed by atoms with Gasteiger partial charge >= 0.3 is 6.18 Å². The van der Waals surface area contributed by atoms with Gasteiger partial charge in [0.15, 0.2) is 11.5 Å². The summed E-state index contributed by atoms with van der Waals surface area (Å²) in [7, 11) is 0. The Hall–Kier alpha value is -3.77. The van der Waals surface area contributed by atoms with Crippen LogP contribution in [-0.4, -0.2) is 93.9 Å². The number of likely N-dealkylation sites (tertiary alicyclic amines) is 1. The minimum absolute atomic E-state index is 0.0108. The first-order chi connectivity index (χ1) is 20.7. The standard InChI is InChI=1S/C31H35F3N6O3/c32-31(33,34)12-8-27(41)38-16-9-23(10-17-38)25-3-1-15-40-28(25)36-26(37-40)19-22-4-6-24(7-5-22)29(42)39-14-2-11-30(21-39)20-35-13-18-43-30/h1,3-7,9,15,35H,2,8,10-14,16-21H2. The first-order valence-electron chi connectivity index (χ1n) is 14.8. The number of hydrogen-bond donors (Lipinski definition) is 1. The maximum Gasteiger partial charge on any atom is 0.389 e. The smallest absolute Gasteiger partial charge is 0.370 e. The number of fused-ring (bicyclic) bond motifs is 1. The maximum absolute atomic E-state index is 13.3. The molecule has 1 unspecified atom stereocenters. The molecule has 3 aliphatic heterocycles. The van der Waals surface area contributed by atoms with Gasteiger partial charge in [0, 0.05) is 62.9 Å². The summed E-state index contributed by atoms with van der Waals surface area (Å²) >= 11 is 0. The van der Waals surface area contributed by atoms with E-state index in [1.54, 1.807) is 4.52 Å². The Bertz CT molecular complexity index is 1510. The van der Waals surface area contributed by atoms with Gasteiger partial charge < -0.3 is 19.9 Å². The lowest BCUT2D eigenvalue weighted by atomic mass is 9.91. The van der Waals surface area contributed by atoms with Crippen molar-refractivity contribution in [1.29, 1.82) is 0 Å². The van der Waals surface area contributed by atoms with Gasteiger partial charge in [-0.15, -0.1) is 0 Å². The number of morpholine rings is 1. The van der Waals surface area contributed by atoms with E-state index >= 15 is 0 Å². The van der Waals surface area contributed by atoms with E-state index in [0.29, 0.717) is 49.6 Å². The van der Waals surface area contributed by atoms with Crippen LogP contribution in [0.1, 0.15) is 59.4 Å². The van der Waals surface area contributed by atoms with E-state index in [1.807, 2.05) is 53.6 Å². The van der Waals surface area contributed by atoms with Crippen LogP contribution in [0.15, 0.2) is 48.7 Å². The highest BCUT2D eigenvalue weighted by molar-refractivity contribution is 5.94. The zero-order valence-electron chi connectivity index (χ0n) is 23.9. The molecule has 6 rings (SSSR count). The molecule has 1 atom stereocenters. The Kier molecular flexibility index (Phi) is 8.23. The number of halogens is 3. The van der Waals surface area contributed by atoms with Gasteiger partial charge in [0.1, 0.15) is 0 Å². The van der Waals surface area contributed by atoms with Crippen molar-refractivity contribution in [1.82, 2.24) is 29.7 Å². The molecule has 0 bridgehead atoms. The van der Waals surface area contributed by atoms with Crippen LogP contribution in [0, 0.1) is 0 Å². The number of carbonyl (C=O) groups is 2. The summed E-state index contributed by atoms with van der Waals surface area (Å²) in [5.74, 6) is 0.155. The van der Waals surface area contributed by atoms with Gasteiger partial charge in [-0.1, -0.05) is 18.2 Å². The molecule has 228 valence electrons. The fourth-order valence-electron chi connectivity index (χ4n) is 6.19. The van der Waals surface area contributed by atoms with Gasteiger partial charge in [-0.05, 0) is 54.7 Å². The average Bonchev–Trinajstić information content (AvgIpc) is 3.43. The molecule has 1 aromatic carbocycles. The zero-order valence-corrected chi connectivity index (χ0v) is 23.9. The molecule has 2 amide bonds. The number of aromatic nitrogens is 3. The number of rotatable bonds is 6. The number of amides is 2. The van der Waals surface area contributed by atoms with Crippen LogP contribution in [-0.2, 0) is 16.0 Å². The van der Waals surface area contributed by atoms with E-state index in [0.717, 1.165) is 49.2 Å². The first kappa shape index (κ1) is 29.3. The normalized spacial score (nSPS) is 21.3. The molecule has 1 spiro atoms. The monoisotopic (exact) mass is 596 g/mol. The highest BCUT2D eigenvalue weighted by atomic mass is 19.4. The summed E-state index contributed by atoms with van der Waals surface area (Å²) in [5, 5.41) is 8.04. The van der Waals surface area contributed by atoms with Crippen LogP contribution < -0.4 is 5.32 Å². The van der Waals surface area contributed by atoms with Crippen molar-refractivity contribution in [2.45, 2.75) is 50.3 Å². The summed E-state index contributed by atoms with van der Waals surface area (Å²) in [5.41, 5.74) is 3.90. The Morgan fingerprint density at radius 3 is 2.65 bits per heavy atom. The van der Waals surface area contributed by atoms with E-state index < -0.39 is 24.9 Å². The third kappa shape index (κ3) is 6.75. The second-order valence-electron chi connectivity index (χ2n) is 11.6. The van der Waals surface area contributed by atoms with Crippen molar-refractivity contribution >= 4 is 23.0 Å². The SMILES string of the molecule is O=C(CCC(F)(F)F)N1CC=C(c2cccn3nc(Cc4ccc(C(=O)N5CCCC6(CNCCO6)C5)cc4)nc23)CC1. The Morgan fingerprint density at radius 1 is 1.09 bits per heavy atom. The van der Waals surface area contributed by atoms with Gasteiger partial charge in [-0.2, -0.15) is 18.3 Å². The number of nitrogens with one attached hydrogen (secondary N) is 1. The van der Waals surface area contributed by atoms with E-state index in [1.165, 1.54) is 4.90 Å². The van der Waals surface area contributed by atoms with Gasteiger partial charge in [0.05, 0.1) is 25.2 Å². The summed E-state index contributed by atoms with van der Waals surface area (Å²) in [6, 6.07) is 11.4. The highest BCUT2D eigenvalue weighted by Crippen LogP contribution is 2.29. The van der Waals surface area contributed by atoms with E-state index in [9.17, 15) is 22.8 Å². The largest absolute Gasteiger partial charge is 0.389 e. The number of carbonyl (C=O) groups excluding carboxylic acids is 2. The van der Waals surface area contributed by atoms with Crippen LogP contribution in [0.25, 0.3) is 11.2 Å². The van der Waals surface area contributed by atoms with Gasteiger partial charge in [-0.25, -0.2) is 9.50 Å². The Morgan fingerprint density at radius 2 is 1.93 bits per heavy atom. The fourth-order valence-corrected chi connectivity index (χ4v) is 6.19. The number of ether oxygens (including phenoxy) is 1. The lowest BCUT2D eigenvalue weighted by Crippen LogP contribution is -2.59. The van der Waals surface area contributed by atoms with Crippen LogP contribution in [0.5, 0.6) is 0 Å². The van der Waals surface area contributed by atoms with Gasteiger partial charge in [0.2, 0.25) is 5.91 Å². The molecule has 3 aromatic rings. The number of hydrogen-bond acceptors (Lipinski definition) is 6. The summed E-state index contributed by atoms with van der Waals surface area (Å²) in [4.78, 5) is 33.6. The predicted octanol–water partition coefficient (Wildman–Crippen LogP) is 3.87. The molecule has 0 saturated carbocycles. The quantitative estimate of drug-likeness (QED) is 0.465. The molecule has 43 heavy (non-hydrogen) atoms. The molecule has 1 N–H and O–H groups in total. The van der Waals surface area contributed by atoms with Crippen molar-refractivity contribution in [2.75, 3.05) is 45.9 Å². The Labute approximate surface area is 247 Å². The van der Waals surface area contributed by atoms with E-state index in [-0.39, 0.29) is 18.1 Å². The van der Waals surface area contributed by atoms with Crippen molar-refractivity contribution in [3.8, 4) is 0 Å². The molecule has 2 fully saturated rings. The molecule has 0 radical (unpaired) electrons. The number of alkyl halides is 3. The Balaban J connectivity index is 1.10. The van der Waals surface area contributed by atoms with Crippen LogP contribution in [0.2, 0.25) is 0 Å². The number of pyridine rings is 1. The van der Waals surface area contributed by atoms with E-state index in [4.69, 9.17) is 9.72 Å². The molecule has 5 heterocycles. The first-order valence-corrected chi connectivity index (χ1v) is 14.8. The van der Waals surface area contributed by atoms with E-state index in [2.05, 4.69) is 10.4 Å². The molecule has 2 saturated heterocycles. The average molecular weight is 597 g/mol. The van der Waals surface area contributed by atoms with Crippen molar-refractivity contribution in [2.24, 2.45) is 0 Å². The maximum atomic E-state index is 13.3. The van der Waals surface area contributed by atoms with Crippen LogP contribution in [0.3, 0.4) is 0 Å². The lowest BCUT2D eigenvalue weighted by molar-refractivity contribution is -0.148. The molecular formula is C31H35F3N6O3. The van der Waals surface area contributed by atoms with Crippen molar-refractivity contribution < 1.29 is 27.5 Å². The fraction of sp³-hybridized carbons (Fsp3) is 0.484. The van der Waals surface area contributed by atoms with Crippen LogP contribution >= 0.6 is 0 Å². The summed E-state index contributed by atoms with van der Waals surface area (Å²) in [6.45, 7) is 4.22. The molecule has 0 aliphatic carbocycles. The highest BCUT2D eigenvalue weighted by Gasteiger charge is 2.39. The van der Waals surface area contributed by atoms with Crippen molar-refractivity contribution in [3.05, 3.63) is 71.2 Å². The minimum atomic E-state index is -4.34. The number of nitrogens with zero attached hydrogens (tertiary/aromatic N) is 5. The number of benzene rings is 1. The minimum Gasteiger partial charge on any atom is -0.370 e. The third-order valence-corrected chi connectivity index (χ3v) is 8.46. The van der Waals surface area contributed by atoms with Gasteiger partial charge in [-0.3, -0.25) is 9.59 Å². The second kappa shape index (κ2) is 12.1. The third-order valence-electron chi connectivity index (χ3n) is 8.46. The molecule has 9 nitrogen and oxygen atoms in total. The lowest BCUT2D eigenvalue weighted by Gasteiger charge is -2.45.